The molecule has 0 atom stereocenters. The Kier molecular flexibility index (Phi) is 8.18. The average molecular weight is 470 g/mol. The Morgan fingerprint density at radius 3 is 1.90 bits per heavy atom. The summed E-state index contributed by atoms with van der Waals surface area (Å²) in [4.78, 5) is 12.4. The zero-order chi connectivity index (χ0) is 23.2. The van der Waals surface area contributed by atoms with Gasteiger partial charge in [0, 0.05) is 27.7 Å². The molecule has 11 heteroatoms. The molecule has 0 spiro atoms. The molecule has 0 aliphatic carbocycles. The summed E-state index contributed by atoms with van der Waals surface area (Å²) >= 11 is 0. The van der Waals surface area contributed by atoms with Crippen LogP contribution in [-0.2, 0) is 31.4 Å². The molecule has 0 aliphatic rings. The maximum atomic E-state index is 12.6. The molecule has 31 heavy (non-hydrogen) atoms. The summed E-state index contributed by atoms with van der Waals surface area (Å²) in [5, 5.41) is 2.64. The smallest absolute Gasteiger partial charge is 0.243 e. The Hall–Kier alpha value is -2.47. The van der Waals surface area contributed by atoms with E-state index in [0.29, 0.717) is 17.9 Å². The molecule has 9 nitrogen and oxygen atoms in total. The van der Waals surface area contributed by atoms with E-state index in [9.17, 15) is 21.6 Å². The van der Waals surface area contributed by atoms with Gasteiger partial charge in [0.1, 0.15) is 5.75 Å². The fourth-order valence-electron chi connectivity index (χ4n) is 2.59. The lowest BCUT2D eigenvalue weighted by Gasteiger charge is -2.17. The second-order valence-corrected chi connectivity index (χ2v) is 11.1. The van der Waals surface area contributed by atoms with Crippen LogP contribution in [0.2, 0.25) is 0 Å². The predicted molar refractivity (Wildman–Crippen MR) is 117 cm³/mol. The van der Waals surface area contributed by atoms with Crippen LogP contribution in [0.5, 0.6) is 5.75 Å². The van der Waals surface area contributed by atoms with Gasteiger partial charge in [-0.05, 0) is 48.9 Å². The summed E-state index contributed by atoms with van der Waals surface area (Å²) < 4.78 is 56.8. The normalized spacial score (nSPS) is 12.2. The molecule has 0 aliphatic heterocycles. The first-order valence-corrected chi connectivity index (χ1v) is 12.3. The Morgan fingerprint density at radius 1 is 0.871 bits per heavy atom. The lowest BCUT2D eigenvalue weighted by Crippen LogP contribution is -2.38. The summed E-state index contributed by atoms with van der Waals surface area (Å²) in [6.07, 6.45) is 0. The molecule has 2 aromatic rings. The third-order valence-corrected chi connectivity index (χ3v) is 8.05. The van der Waals surface area contributed by atoms with Crippen LogP contribution in [0.1, 0.15) is 12.5 Å². The lowest BCUT2D eigenvalue weighted by molar-refractivity contribution is -0.121. The molecule has 1 amide bonds. The van der Waals surface area contributed by atoms with Crippen molar-refractivity contribution in [1.82, 2.24) is 13.9 Å². The maximum absolute atomic E-state index is 12.6. The SMILES string of the molecule is CCOc1ccc(S(=O)(=O)N(C)CC(=O)NCc2ccc(S(=O)(=O)N(C)C)cc2)cc1. The molecule has 0 fully saturated rings. The molecular weight excluding hydrogens is 442 g/mol. The summed E-state index contributed by atoms with van der Waals surface area (Å²) in [6.45, 7) is 2.08. The van der Waals surface area contributed by atoms with E-state index in [4.69, 9.17) is 4.74 Å². The van der Waals surface area contributed by atoms with Crippen molar-refractivity contribution >= 4 is 26.0 Å². The molecule has 0 bridgehead atoms. The number of carbonyl (C=O) groups excluding carboxylic acids is 1. The van der Waals surface area contributed by atoms with Gasteiger partial charge in [0.15, 0.2) is 0 Å². The fourth-order valence-corrected chi connectivity index (χ4v) is 4.62. The highest BCUT2D eigenvalue weighted by molar-refractivity contribution is 7.89. The Labute approximate surface area is 183 Å². The maximum Gasteiger partial charge on any atom is 0.243 e. The molecule has 0 heterocycles. The second-order valence-electron chi connectivity index (χ2n) is 6.87. The van der Waals surface area contributed by atoms with E-state index in [1.165, 1.54) is 45.4 Å². The first kappa shape index (κ1) is 24.8. The quantitative estimate of drug-likeness (QED) is 0.561. The molecule has 0 radical (unpaired) electrons. The zero-order valence-corrected chi connectivity index (χ0v) is 19.5. The monoisotopic (exact) mass is 469 g/mol. The molecule has 0 saturated heterocycles. The number of likely N-dealkylation sites (N-methyl/N-ethyl adjacent to an activating group) is 1. The number of sulfonamides is 2. The number of ether oxygens (including phenoxy) is 1. The minimum atomic E-state index is -3.83. The molecular formula is C20H27N3O6S2. The highest BCUT2D eigenvalue weighted by Crippen LogP contribution is 2.19. The standard InChI is InChI=1S/C20H27N3O6S2/c1-5-29-17-8-12-19(13-9-17)31(27,28)23(4)15-20(24)21-14-16-6-10-18(11-7-16)30(25,26)22(2)3/h6-13H,5,14-15H2,1-4H3,(H,21,24). The average Bonchev–Trinajstić information content (AvgIpc) is 2.73. The number of nitrogens with zero attached hydrogens (tertiary/aromatic N) is 2. The van der Waals surface area contributed by atoms with Crippen LogP contribution in [0, 0.1) is 0 Å². The second kappa shape index (κ2) is 10.2. The van der Waals surface area contributed by atoms with Gasteiger partial charge in [0.25, 0.3) is 0 Å². The lowest BCUT2D eigenvalue weighted by atomic mass is 10.2. The summed E-state index contributed by atoms with van der Waals surface area (Å²) in [5.74, 6) is 0.0771. The third kappa shape index (κ3) is 6.26. The molecule has 170 valence electrons. The minimum absolute atomic E-state index is 0.0592. The van der Waals surface area contributed by atoms with Crippen LogP contribution < -0.4 is 10.1 Å². The van der Waals surface area contributed by atoms with E-state index in [2.05, 4.69) is 5.32 Å². The first-order chi connectivity index (χ1) is 14.5. The molecule has 2 aromatic carbocycles. The van der Waals surface area contributed by atoms with Crippen molar-refractivity contribution in [3.8, 4) is 5.75 Å². The fraction of sp³-hybridized carbons (Fsp3) is 0.350. The van der Waals surface area contributed by atoms with Crippen LogP contribution >= 0.6 is 0 Å². The number of hydrogen-bond acceptors (Lipinski definition) is 6. The van der Waals surface area contributed by atoms with Crippen molar-refractivity contribution in [2.45, 2.75) is 23.3 Å². The van der Waals surface area contributed by atoms with Gasteiger partial charge in [0.05, 0.1) is 22.9 Å². The van der Waals surface area contributed by atoms with Gasteiger partial charge in [-0.15, -0.1) is 0 Å². The summed E-state index contributed by atoms with van der Waals surface area (Å²) in [7, 11) is -3.14. The van der Waals surface area contributed by atoms with Gasteiger partial charge in [0.2, 0.25) is 26.0 Å². The Bertz CT molecular complexity index is 1100. The largest absolute Gasteiger partial charge is 0.494 e. The zero-order valence-electron chi connectivity index (χ0n) is 17.9. The van der Waals surface area contributed by atoms with Crippen molar-refractivity contribution in [3.63, 3.8) is 0 Å². The Balaban J connectivity index is 1.96. The molecule has 0 aromatic heterocycles. The van der Waals surface area contributed by atoms with E-state index in [1.54, 1.807) is 24.3 Å². The van der Waals surface area contributed by atoms with Crippen molar-refractivity contribution < 1.29 is 26.4 Å². The van der Waals surface area contributed by atoms with Crippen LogP contribution in [-0.4, -0.2) is 65.6 Å². The van der Waals surface area contributed by atoms with E-state index in [-0.39, 0.29) is 22.9 Å². The van der Waals surface area contributed by atoms with Gasteiger partial charge in [-0.25, -0.2) is 21.1 Å². The molecule has 0 saturated carbocycles. The molecule has 1 N–H and O–H groups in total. The van der Waals surface area contributed by atoms with Crippen LogP contribution in [0.25, 0.3) is 0 Å². The first-order valence-electron chi connectivity index (χ1n) is 9.46. The van der Waals surface area contributed by atoms with Gasteiger partial charge >= 0.3 is 0 Å². The van der Waals surface area contributed by atoms with E-state index in [1.807, 2.05) is 6.92 Å². The highest BCUT2D eigenvalue weighted by Gasteiger charge is 2.23. The van der Waals surface area contributed by atoms with Crippen molar-refractivity contribution in [2.24, 2.45) is 0 Å². The molecule has 0 unspecified atom stereocenters. The van der Waals surface area contributed by atoms with E-state index in [0.717, 1.165) is 8.61 Å². The van der Waals surface area contributed by atoms with Gasteiger partial charge in [-0.1, -0.05) is 12.1 Å². The number of benzene rings is 2. The van der Waals surface area contributed by atoms with E-state index >= 15 is 0 Å². The number of hydrogen-bond donors (Lipinski definition) is 1. The van der Waals surface area contributed by atoms with Crippen LogP contribution in [0.3, 0.4) is 0 Å². The highest BCUT2D eigenvalue weighted by atomic mass is 32.2. The number of carbonyl (C=O) groups is 1. The van der Waals surface area contributed by atoms with Gasteiger partial charge in [-0.2, -0.15) is 4.31 Å². The summed E-state index contributed by atoms with van der Waals surface area (Å²) in [5.41, 5.74) is 0.683. The van der Waals surface area contributed by atoms with Crippen molar-refractivity contribution in [3.05, 3.63) is 54.1 Å². The van der Waals surface area contributed by atoms with Gasteiger partial charge < -0.3 is 10.1 Å². The van der Waals surface area contributed by atoms with Crippen LogP contribution in [0.15, 0.2) is 58.3 Å². The van der Waals surface area contributed by atoms with E-state index < -0.39 is 26.0 Å². The predicted octanol–water partition coefficient (Wildman–Crippen LogP) is 1.27. The topological polar surface area (TPSA) is 113 Å². The number of rotatable bonds is 10. The van der Waals surface area contributed by atoms with Crippen molar-refractivity contribution in [2.75, 3.05) is 34.3 Å². The van der Waals surface area contributed by atoms with Gasteiger partial charge in [-0.3, -0.25) is 4.79 Å². The third-order valence-electron chi connectivity index (χ3n) is 4.40. The molecule has 2 rings (SSSR count). The Morgan fingerprint density at radius 2 is 1.39 bits per heavy atom. The minimum Gasteiger partial charge on any atom is -0.494 e. The number of amides is 1. The van der Waals surface area contributed by atoms with Crippen LogP contribution in [0.4, 0.5) is 0 Å². The number of nitrogens with one attached hydrogen (secondary N) is 1. The van der Waals surface area contributed by atoms with Crippen molar-refractivity contribution in [1.29, 1.82) is 0 Å². The summed E-state index contributed by atoms with van der Waals surface area (Å²) in [6, 6.07) is 12.1.